The fourth-order valence-electron chi connectivity index (χ4n) is 3.91. The van der Waals surface area contributed by atoms with Gasteiger partial charge >= 0.3 is 0 Å². The second-order valence-electron chi connectivity index (χ2n) is 7.17. The van der Waals surface area contributed by atoms with E-state index in [1.165, 1.54) is 16.8 Å². The van der Waals surface area contributed by atoms with Crippen LogP contribution in [0.1, 0.15) is 24.0 Å². The molecule has 144 valence electrons. The molecule has 0 spiro atoms. The molecule has 0 aliphatic carbocycles. The maximum absolute atomic E-state index is 12.9. The van der Waals surface area contributed by atoms with Crippen LogP contribution >= 0.6 is 15.9 Å². The van der Waals surface area contributed by atoms with Gasteiger partial charge in [-0.3, -0.25) is 0 Å². The average Bonchev–Trinajstić information content (AvgIpc) is 2.67. The molecule has 0 unspecified atom stereocenters. The molecule has 0 amide bonds. The summed E-state index contributed by atoms with van der Waals surface area (Å²) in [5, 5.41) is 0. The zero-order chi connectivity index (χ0) is 19.0. The second-order valence-corrected chi connectivity index (χ2v) is 10.0. The molecule has 1 saturated heterocycles. The molecular formula is C20H23BrN2O3S. The molecule has 1 fully saturated rings. The molecule has 0 atom stereocenters. The molecule has 0 bridgehead atoms. The number of aryl methyl sites for hydroxylation is 1. The van der Waals surface area contributed by atoms with Crippen LogP contribution in [0.15, 0.2) is 51.8 Å². The minimum Gasteiger partial charge on any atom is -0.356 e. The van der Waals surface area contributed by atoms with E-state index in [4.69, 9.17) is 4.74 Å². The summed E-state index contributed by atoms with van der Waals surface area (Å²) in [4.78, 5) is 2.64. The molecule has 2 aromatic carbocycles. The molecular weight excluding hydrogens is 428 g/mol. The molecule has 2 aliphatic rings. The maximum atomic E-state index is 12.9. The number of fused-ring (bicyclic) bond motifs is 1. The summed E-state index contributed by atoms with van der Waals surface area (Å²) in [6.45, 7) is 4.35. The van der Waals surface area contributed by atoms with Crippen molar-refractivity contribution >= 4 is 31.6 Å². The molecule has 2 heterocycles. The van der Waals surface area contributed by atoms with Crippen LogP contribution in [0.4, 0.5) is 5.69 Å². The van der Waals surface area contributed by atoms with Gasteiger partial charge in [0.2, 0.25) is 10.0 Å². The van der Waals surface area contributed by atoms with Crippen LogP contribution in [0.2, 0.25) is 0 Å². The van der Waals surface area contributed by atoms with E-state index in [1.54, 1.807) is 22.5 Å². The van der Waals surface area contributed by atoms with Crippen molar-refractivity contribution in [3.8, 4) is 0 Å². The summed E-state index contributed by atoms with van der Waals surface area (Å²) in [6, 6.07) is 13.7. The zero-order valence-corrected chi connectivity index (χ0v) is 17.7. The SMILES string of the molecule is Cc1ccc2c(c1)COCN2C1CCN(S(=O)(=O)c2cccc(Br)c2)CC1. The summed E-state index contributed by atoms with van der Waals surface area (Å²) >= 11 is 3.36. The summed E-state index contributed by atoms with van der Waals surface area (Å²) in [6.07, 6.45) is 1.59. The number of piperidine rings is 1. The van der Waals surface area contributed by atoms with E-state index in [0.717, 1.165) is 17.3 Å². The van der Waals surface area contributed by atoms with E-state index in [-0.39, 0.29) is 0 Å². The molecule has 0 aromatic heterocycles. The molecule has 27 heavy (non-hydrogen) atoms. The minimum atomic E-state index is -3.45. The summed E-state index contributed by atoms with van der Waals surface area (Å²) < 4.78 is 34.0. The Kier molecular flexibility index (Phi) is 5.29. The third-order valence-corrected chi connectivity index (χ3v) is 7.72. The lowest BCUT2D eigenvalue weighted by Crippen LogP contribution is -2.48. The summed E-state index contributed by atoms with van der Waals surface area (Å²) in [5.41, 5.74) is 3.67. The fraction of sp³-hybridized carbons (Fsp3) is 0.400. The van der Waals surface area contributed by atoms with Gasteiger partial charge in [-0.1, -0.05) is 39.7 Å². The topological polar surface area (TPSA) is 49.9 Å². The number of anilines is 1. The van der Waals surface area contributed by atoms with Crippen LogP contribution in [0.3, 0.4) is 0 Å². The lowest BCUT2D eigenvalue weighted by atomic mass is 10.0. The summed E-state index contributed by atoms with van der Waals surface area (Å²) in [5.74, 6) is 0. The fourth-order valence-corrected chi connectivity index (χ4v) is 5.97. The van der Waals surface area contributed by atoms with E-state index in [9.17, 15) is 8.42 Å². The number of nitrogens with zero attached hydrogens (tertiary/aromatic N) is 2. The Morgan fingerprint density at radius 1 is 1.11 bits per heavy atom. The van der Waals surface area contributed by atoms with E-state index in [1.807, 2.05) is 6.07 Å². The van der Waals surface area contributed by atoms with Gasteiger partial charge in [0.05, 0.1) is 11.5 Å². The molecule has 0 N–H and O–H groups in total. The Morgan fingerprint density at radius 3 is 2.63 bits per heavy atom. The lowest BCUT2D eigenvalue weighted by Gasteiger charge is -2.41. The first-order valence-corrected chi connectivity index (χ1v) is 11.4. The van der Waals surface area contributed by atoms with Crippen LogP contribution in [0.5, 0.6) is 0 Å². The van der Waals surface area contributed by atoms with Crippen LogP contribution in [0.25, 0.3) is 0 Å². The van der Waals surface area contributed by atoms with Gasteiger partial charge in [-0.2, -0.15) is 4.31 Å². The van der Waals surface area contributed by atoms with E-state index < -0.39 is 10.0 Å². The van der Waals surface area contributed by atoms with Crippen LogP contribution in [0, 0.1) is 6.92 Å². The van der Waals surface area contributed by atoms with Gasteiger partial charge in [0.15, 0.2) is 0 Å². The van der Waals surface area contributed by atoms with Gasteiger partial charge in [0.25, 0.3) is 0 Å². The van der Waals surface area contributed by atoms with Gasteiger partial charge in [-0.25, -0.2) is 8.42 Å². The van der Waals surface area contributed by atoms with E-state index in [0.29, 0.717) is 37.4 Å². The van der Waals surface area contributed by atoms with Crippen LogP contribution in [-0.4, -0.2) is 38.6 Å². The highest BCUT2D eigenvalue weighted by Crippen LogP contribution is 2.32. The normalized spacial score (nSPS) is 19.1. The molecule has 4 rings (SSSR count). The Morgan fingerprint density at radius 2 is 1.89 bits per heavy atom. The number of benzene rings is 2. The Balaban J connectivity index is 1.49. The summed E-state index contributed by atoms with van der Waals surface area (Å²) in [7, 11) is -3.45. The van der Waals surface area contributed by atoms with Crippen molar-refractivity contribution in [3.05, 3.63) is 58.1 Å². The number of sulfonamides is 1. The van der Waals surface area contributed by atoms with Crippen molar-refractivity contribution < 1.29 is 13.2 Å². The van der Waals surface area contributed by atoms with Gasteiger partial charge in [0.1, 0.15) is 6.73 Å². The number of ether oxygens (including phenoxy) is 1. The smallest absolute Gasteiger partial charge is 0.243 e. The van der Waals surface area contributed by atoms with Gasteiger partial charge in [-0.15, -0.1) is 0 Å². The number of hydrogen-bond donors (Lipinski definition) is 0. The quantitative estimate of drug-likeness (QED) is 0.711. The van der Waals surface area contributed by atoms with Gasteiger partial charge in [0, 0.05) is 34.9 Å². The predicted octanol–water partition coefficient (Wildman–Crippen LogP) is 3.90. The molecule has 0 radical (unpaired) electrons. The maximum Gasteiger partial charge on any atom is 0.243 e. The Bertz CT molecular complexity index is 940. The standard InChI is InChI=1S/C20H23BrN2O3S/c1-15-5-6-20-16(11-15)13-26-14-23(20)18-7-9-22(10-8-18)27(24,25)19-4-2-3-17(21)12-19/h2-6,11-12,18H,7-10,13-14H2,1H3. The number of rotatable bonds is 3. The highest BCUT2D eigenvalue weighted by atomic mass is 79.9. The number of halogens is 1. The third-order valence-electron chi connectivity index (χ3n) is 5.33. The first-order valence-electron chi connectivity index (χ1n) is 9.15. The van der Waals surface area contributed by atoms with E-state index >= 15 is 0 Å². The molecule has 7 heteroatoms. The average molecular weight is 451 g/mol. The van der Waals surface area contributed by atoms with E-state index in [2.05, 4.69) is 46.0 Å². The lowest BCUT2D eigenvalue weighted by molar-refractivity contribution is 0.0987. The third kappa shape index (κ3) is 3.78. The predicted molar refractivity (Wildman–Crippen MR) is 109 cm³/mol. The largest absolute Gasteiger partial charge is 0.356 e. The molecule has 5 nitrogen and oxygen atoms in total. The zero-order valence-electron chi connectivity index (χ0n) is 15.3. The molecule has 2 aliphatic heterocycles. The first-order chi connectivity index (χ1) is 12.9. The Labute approximate surface area is 169 Å². The highest BCUT2D eigenvalue weighted by molar-refractivity contribution is 9.10. The first kappa shape index (κ1) is 18.9. The Hall–Kier alpha value is -1.41. The van der Waals surface area contributed by atoms with Crippen LogP contribution in [-0.2, 0) is 21.4 Å². The van der Waals surface area contributed by atoms with Crippen molar-refractivity contribution in [2.45, 2.75) is 37.3 Å². The van der Waals surface area contributed by atoms with Gasteiger partial charge in [-0.05, 0) is 44.0 Å². The van der Waals surface area contributed by atoms with Crippen molar-refractivity contribution in [3.63, 3.8) is 0 Å². The minimum absolute atomic E-state index is 0.292. The van der Waals surface area contributed by atoms with Gasteiger partial charge < -0.3 is 9.64 Å². The second kappa shape index (κ2) is 7.54. The van der Waals surface area contributed by atoms with Crippen molar-refractivity contribution in [1.82, 2.24) is 4.31 Å². The molecule has 2 aromatic rings. The van der Waals surface area contributed by atoms with Crippen molar-refractivity contribution in [2.75, 3.05) is 24.7 Å². The highest BCUT2D eigenvalue weighted by Gasteiger charge is 2.33. The van der Waals surface area contributed by atoms with Crippen molar-refractivity contribution in [1.29, 1.82) is 0 Å². The molecule has 0 saturated carbocycles. The monoisotopic (exact) mass is 450 g/mol. The van der Waals surface area contributed by atoms with Crippen molar-refractivity contribution in [2.24, 2.45) is 0 Å². The number of hydrogen-bond acceptors (Lipinski definition) is 4. The van der Waals surface area contributed by atoms with Crippen LogP contribution < -0.4 is 4.90 Å².